The number of nitrogens with one attached hydrogen (secondary N) is 3. The Balaban J connectivity index is 1.57. The van der Waals surface area contributed by atoms with Crippen molar-refractivity contribution >= 4 is 29.1 Å². The SMILES string of the molecule is CC(Cc1ccccc1F)NC(=O)C(=O)Nc1ccc2c(c1)CCC(=O)N2. The van der Waals surface area contributed by atoms with Gasteiger partial charge in [0.2, 0.25) is 5.91 Å². The zero-order valence-electron chi connectivity index (χ0n) is 14.8. The molecule has 0 radical (unpaired) electrons. The number of anilines is 2. The van der Waals surface area contributed by atoms with E-state index in [1.54, 1.807) is 43.3 Å². The largest absolute Gasteiger partial charge is 0.345 e. The highest BCUT2D eigenvalue weighted by atomic mass is 19.1. The second-order valence-corrected chi connectivity index (χ2v) is 6.54. The van der Waals surface area contributed by atoms with E-state index in [9.17, 15) is 18.8 Å². The van der Waals surface area contributed by atoms with Crippen molar-refractivity contribution in [2.24, 2.45) is 0 Å². The summed E-state index contributed by atoms with van der Waals surface area (Å²) in [5.74, 6) is -1.97. The molecule has 1 atom stereocenters. The predicted molar refractivity (Wildman–Crippen MR) is 99.7 cm³/mol. The molecule has 0 bridgehead atoms. The average Bonchev–Trinajstić information content (AvgIpc) is 2.63. The fourth-order valence-corrected chi connectivity index (χ4v) is 2.98. The van der Waals surface area contributed by atoms with Crippen molar-refractivity contribution in [1.82, 2.24) is 5.32 Å². The molecule has 1 aliphatic heterocycles. The van der Waals surface area contributed by atoms with Gasteiger partial charge in [0.15, 0.2) is 0 Å². The van der Waals surface area contributed by atoms with E-state index in [1.807, 2.05) is 0 Å². The third-order valence-electron chi connectivity index (χ3n) is 4.33. The van der Waals surface area contributed by atoms with Crippen LogP contribution in [0.25, 0.3) is 0 Å². The molecule has 0 spiro atoms. The maximum Gasteiger partial charge on any atom is 0.313 e. The first-order chi connectivity index (χ1) is 12.9. The summed E-state index contributed by atoms with van der Waals surface area (Å²) in [5.41, 5.74) is 2.57. The number of fused-ring (bicyclic) bond motifs is 1. The Labute approximate surface area is 156 Å². The molecule has 2 aromatic rings. The molecule has 6 nitrogen and oxygen atoms in total. The van der Waals surface area contributed by atoms with Crippen molar-refractivity contribution < 1.29 is 18.8 Å². The highest BCUT2D eigenvalue weighted by Gasteiger charge is 2.19. The number of carbonyl (C=O) groups is 3. The Bertz CT molecular complexity index is 898. The topological polar surface area (TPSA) is 87.3 Å². The molecular weight excluding hydrogens is 349 g/mol. The zero-order valence-corrected chi connectivity index (χ0v) is 14.8. The predicted octanol–water partition coefficient (Wildman–Crippen LogP) is 2.40. The van der Waals surface area contributed by atoms with Gasteiger partial charge in [-0.2, -0.15) is 0 Å². The highest BCUT2D eigenvalue weighted by Crippen LogP contribution is 2.25. The minimum Gasteiger partial charge on any atom is -0.345 e. The van der Waals surface area contributed by atoms with Gasteiger partial charge in [-0.05, 0) is 55.2 Å². The molecule has 0 saturated carbocycles. The molecule has 2 aromatic carbocycles. The molecule has 0 aromatic heterocycles. The van der Waals surface area contributed by atoms with Crippen LogP contribution in [0.1, 0.15) is 24.5 Å². The Hall–Kier alpha value is -3.22. The maximum atomic E-state index is 13.7. The molecule has 0 fully saturated rings. The van der Waals surface area contributed by atoms with Gasteiger partial charge in [0.25, 0.3) is 0 Å². The van der Waals surface area contributed by atoms with E-state index in [0.29, 0.717) is 29.8 Å². The van der Waals surface area contributed by atoms with Gasteiger partial charge in [-0.25, -0.2) is 4.39 Å². The van der Waals surface area contributed by atoms with Crippen molar-refractivity contribution in [3.8, 4) is 0 Å². The van der Waals surface area contributed by atoms with Gasteiger partial charge < -0.3 is 16.0 Å². The van der Waals surface area contributed by atoms with Gasteiger partial charge >= 0.3 is 11.8 Å². The van der Waals surface area contributed by atoms with Crippen LogP contribution in [-0.2, 0) is 27.2 Å². The summed E-state index contributed by atoms with van der Waals surface area (Å²) < 4.78 is 13.7. The molecule has 1 heterocycles. The van der Waals surface area contributed by atoms with E-state index in [-0.39, 0.29) is 18.1 Å². The lowest BCUT2D eigenvalue weighted by Gasteiger charge is -2.18. The van der Waals surface area contributed by atoms with Crippen LogP contribution in [0.15, 0.2) is 42.5 Å². The van der Waals surface area contributed by atoms with Crippen LogP contribution >= 0.6 is 0 Å². The van der Waals surface area contributed by atoms with E-state index >= 15 is 0 Å². The lowest BCUT2D eigenvalue weighted by atomic mass is 10.0. The Morgan fingerprint density at radius 3 is 2.70 bits per heavy atom. The van der Waals surface area contributed by atoms with Gasteiger partial charge in [-0.1, -0.05) is 18.2 Å². The van der Waals surface area contributed by atoms with Crippen molar-refractivity contribution in [3.05, 3.63) is 59.4 Å². The molecule has 3 amide bonds. The summed E-state index contributed by atoms with van der Waals surface area (Å²) >= 11 is 0. The number of rotatable bonds is 4. The molecule has 0 saturated heterocycles. The molecule has 3 N–H and O–H groups in total. The fourth-order valence-electron chi connectivity index (χ4n) is 2.98. The maximum absolute atomic E-state index is 13.7. The third kappa shape index (κ3) is 4.69. The lowest BCUT2D eigenvalue weighted by Crippen LogP contribution is -2.41. The number of hydrogen-bond donors (Lipinski definition) is 3. The van der Waals surface area contributed by atoms with Crippen LogP contribution in [0.2, 0.25) is 0 Å². The van der Waals surface area contributed by atoms with E-state index in [0.717, 1.165) is 5.56 Å². The monoisotopic (exact) mass is 369 g/mol. The second-order valence-electron chi connectivity index (χ2n) is 6.54. The minimum atomic E-state index is -0.796. The molecule has 140 valence electrons. The first kappa shape index (κ1) is 18.6. The van der Waals surface area contributed by atoms with Gasteiger partial charge in [-0.3, -0.25) is 14.4 Å². The Morgan fingerprint density at radius 2 is 1.93 bits per heavy atom. The highest BCUT2D eigenvalue weighted by molar-refractivity contribution is 6.39. The van der Waals surface area contributed by atoms with E-state index < -0.39 is 17.9 Å². The number of halogens is 1. The molecule has 1 unspecified atom stereocenters. The molecule has 7 heteroatoms. The summed E-state index contributed by atoms with van der Waals surface area (Å²) in [6, 6.07) is 11.0. The summed E-state index contributed by atoms with van der Waals surface area (Å²) in [4.78, 5) is 35.6. The van der Waals surface area contributed by atoms with E-state index in [4.69, 9.17) is 0 Å². The van der Waals surface area contributed by atoms with Gasteiger partial charge in [0.1, 0.15) is 5.82 Å². The second kappa shape index (κ2) is 7.99. The van der Waals surface area contributed by atoms with Crippen LogP contribution in [0.3, 0.4) is 0 Å². The molecular formula is C20H20FN3O3. The average molecular weight is 369 g/mol. The number of aryl methyl sites for hydroxylation is 1. The fraction of sp³-hybridized carbons (Fsp3) is 0.250. The van der Waals surface area contributed by atoms with Gasteiger partial charge in [0, 0.05) is 23.8 Å². The third-order valence-corrected chi connectivity index (χ3v) is 4.33. The normalized spacial score (nSPS) is 13.9. The van der Waals surface area contributed by atoms with Crippen LogP contribution in [-0.4, -0.2) is 23.8 Å². The van der Waals surface area contributed by atoms with Crippen LogP contribution in [0.5, 0.6) is 0 Å². The number of hydrogen-bond acceptors (Lipinski definition) is 3. The number of carbonyl (C=O) groups excluding carboxylic acids is 3. The molecule has 0 aliphatic carbocycles. The quantitative estimate of drug-likeness (QED) is 0.723. The summed E-state index contributed by atoms with van der Waals surface area (Å²) in [6.45, 7) is 1.71. The molecule has 1 aliphatic rings. The van der Waals surface area contributed by atoms with E-state index in [1.165, 1.54) is 6.07 Å². The first-order valence-corrected chi connectivity index (χ1v) is 8.70. The standard InChI is InChI=1S/C20H20FN3O3/c1-12(10-13-4-2-3-5-16(13)21)22-19(26)20(27)23-15-7-8-17-14(11-15)6-9-18(25)24-17/h2-5,7-8,11-12H,6,9-10H2,1H3,(H,22,26)(H,23,27)(H,24,25). The van der Waals surface area contributed by atoms with Gasteiger partial charge in [0.05, 0.1) is 0 Å². The van der Waals surface area contributed by atoms with Crippen molar-refractivity contribution in [2.45, 2.75) is 32.2 Å². The van der Waals surface area contributed by atoms with Crippen LogP contribution in [0, 0.1) is 5.82 Å². The van der Waals surface area contributed by atoms with E-state index in [2.05, 4.69) is 16.0 Å². The van der Waals surface area contributed by atoms with Crippen molar-refractivity contribution in [2.75, 3.05) is 10.6 Å². The number of amides is 3. The summed E-state index contributed by atoms with van der Waals surface area (Å²) in [6.07, 6.45) is 1.25. The number of benzene rings is 2. The smallest absolute Gasteiger partial charge is 0.313 e. The van der Waals surface area contributed by atoms with Crippen LogP contribution < -0.4 is 16.0 Å². The van der Waals surface area contributed by atoms with Crippen molar-refractivity contribution in [3.63, 3.8) is 0 Å². The minimum absolute atomic E-state index is 0.0393. The summed E-state index contributed by atoms with van der Waals surface area (Å²) in [5, 5.41) is 7.87. The lowest BCUT2D eigenvalue weighted by molar-refractivity contribution is -0.136. The van der Waals surface area contributed by atoms with Crippen molar-refractivity contribution in [1.29, 1.82) is 0 Å². The van der Waals surface area contributed by atoms with Crippen LogP contribution in [0.4, 0.5) is 15.8 Å². The van der Waals surface area contributed by atoms with Gasteiger partial charge in [-0.15, -0.1) is 0 Å². The zero-order chi connectivity index (χ0) is 19.4. The molecule has 27 heavy (non-hydrogen) atoms. The molecule has 3 rings (SSSR count). The summed E-state index contributed by atoms with van der Waals surface area (Å²) in [7, 11) is 0. The first-order valence-electron chi connectivity index (χ1n) is 8.70. The Morgan fingerprint density at radius 1 is 1.15 bits per heavy atom. The Kier molecular flexibility index (Phi) is 5.49.